The molecule has 0 unspecified atom stereocenters. The van der Waals surface area contributed by atoms with Crippen molar-refractivity contribution in [2.24, 2.45) is 0 Å². The number of aromatic nitrogens is 1. The lowest BCUT2D eigenvalue weighted by Gasteiger charge is -2.19. The molecule has 0 aliphatic rings. The topological polar surface area (TPSA) is 92.2 Å². The quantitative estimate of drug-likeness (QED) is 0.220. The lowest BCUT2D eigenvalue weighted by atomic mass is 9.87. The zero-order chi connectivity index (χ0) is 26.9. The van der Waals surface area contributed by atoms with Crippen molar-refractivity contribution in [3.8, 4) is 0 Å². The normalized spacial score (nSPS) is 11.3. The fraction of sp³-hybridized carbons (Fsp3) is 0.179. The average molecular weight is 626 g/mol. The van der Waals surface area contributed by atoms with Crippen molar-refractivity contribution >= 4 is 71.9 Å². The number of hydrogen-bond acceptors (Lipinski definition) is 3. The first-order valence-corrected chi connectivity index (χ1v) is 13.1. The van der Waals surface area contributed by atoms with Crippen LogP contribution in [-0.2, 0) is 15.0 Å². The molecule has 0 atom stereocenters. The summed E-state index contributed by atoms with van der Waals surface area (Å²) in [6.45, 7) is 8.24. The molecule has 0 bridgehead atoms. The van der Waals surface area contributed by atoms with E-state index in [4.69, 9.17) is 0 Å². The van der Waals surface area contributed by atoms with Crippen LogP contribution < -0.4 is 16.1 Å². The van der Waals surface area contributed by atoms with Crippen molar-refractivity contribution in [2.45, 2.75) is 33.1 Å². The number of carbonyl (C=O) groups is 3. The van der Waals surface area contributed by atoms with Crippen LogP contribution in [0, 0.1) is 6.92 Å². The number of rotatable bonds is 4. The number of aryl methyl sites for hydroxylation is 1. The summed E-state index contributed by atoms with van der Waals surface area (Å²) >= 11 is 6.90. The summed E-state index contributed by atoms with van der Waals surface area (Å²) in [5.41, 5.74) is 6.49. The van der Waals surface area contributed by atoms with Gasteiger partial charge in [0.25, 0.3) is 5.91 Å². The van der Waals surface area contributed by atoms with Crippen LogP contribution in [0.15, 0.2) is 75.7 Å². The first kappa shape index (κ1) is 26.6. The predicted molar refractivity (Wildman–Crippen MR) is 155 cm³/mol. The Morgan fingerprint density at radius 1 is 0.811 bits per heavy atom. The Morgan fingerprint density at radius 2 is 1.51 bits per heavy atom. The van der Waals surface area contributed by atoms with Gasteiger partial charge in [-0.15, -0.1) is 0 Å². The molecule has 4 aromatic rings. The van der Waals surface area contributed by atoms with Crippen molar-refractivity contribution < 1.29 is 14.4 Å². The third kappa shape index (κ3) is 6.11. The molecule has 0 aliphatic heterocycles. The van der Waals surface area contributed by atoms with Crippen LogP contribution >= 0.6 is 31.9 Å². The largest absolute Gasteiger partial charge is 0.328 e. The Bertz CT molecular complexity index is 1520. The van der Waals surface area contributed by atoms with Crippen LogP contribution in [0.4, 0.5) is 11.4 Å². The molecule has 0 radical (unpaired) electrons. The van der Waals surface area contributed by atoms with Gasteiger partial charge in [0.1, 0.15) is 5.69 Å². The Morgan fingerprint density at radius 3 is 2.16 bits per heavy atom. The molecule has 1 aromatic heterocycles. The van der Waals surface area contributed by atoms with E-state index in [0.717, 1.165) is 20.1 Å². The van der Waals surface area contributed by atoms with Crippen molar-refractivity contribution in [3.05, 3.63) is 92.5 Å². The number of hydrogen-bond donors (Lipinski definition) is 3. The van der Waals surface area contributed by atoms with Crippen LogP contribution in [0.25, 0.3) is 10.9 Å². The van der Waals surface area contributed by atoms with E-state index >= 15 is 0 Å². The summed E-state index contributed by atoms with van der Waals surface area (Å²) in [6, 6.07) is 19.9. The van der Waals surface area contributed by atoms with Gasteiger partial charge in [0.15, 0.2) is 0 Å². The first-order chi connectivity index (χ1) is 17.4. The fourth-order valence-corrected chi connectivity index (χ4v) is 4.75. The van der Waals surface area contributed by atoms with Gasteiger partial charge in [-0.1, -0.05) is 54.9 Å². The molecular weight excluding hydrogens is 600 g/mol. The lowest BCUT2D eigenvalue weighted by molar-refractivity contribution is -0.133. The number of halogens is 2. The molecule has 190 valence electrons. The molecule has 3 N–H and O–H groups in total. The number of benzene rings is 3. The Balaban J connectivity index is 1.59. The molecule has 7 nitrogen and oxygen atoms in total. The molecule has 0 saturated heterocycles. The smallest absolute Gasteiger partial charge is 0.320 e. The maximum atomic E-state index is 13.3. The molecule has 9 heteroatoms. The van der Waals surface area contributed by atoms with Crippen molar-refractivity contribution in [3.63, 3.8) is 0 Å². The van der Waals surface area contributed by atoms with Gasteiger partial charge in [-0.25, -0.2) is 4.68 Å². The highest BCUT2D eigenvalue weighted by atomic mass is 79.9. The van der Waals surface area contributed by atoms with Crippen LogP contribution in [-0.4, -0.2) is 22.4 Å². The van der Waals surface area contributed by atoms with E-state index in [0.29, 0.717) is 22.3 Å². The Labute approximate surface area is 231 Å². The molecule has 0 saturated carbocycles. The van der Waals surface area contributed by atoms with Crippen LogP contribution in [0.1, 0.15) is 42.4 Å². The maximum absolute atomic E-state index is 13.3. The summed E-state index contributed by atoms with van der Waals surface area (Å²) in [6.07, 6.45) is 0. The van der Waals surface area contributed by atoms with Gasteiger partial charge in [0.2, 0.25) is 0 Å². The third-order valence-electron chi connectivity index (χ3n) is 5.80. The van der Waals surface area contributed by atoms with Gasteiger partial charge in [0, 0.05) is 20.0 Å². The second-order valence-electron chi connectivity index (χ2n) is 9.73. The third-order valence-corrected chi connectivity index (χ3v) is 6.95. The minimum absolute atomic E-state index is 0.0322. The maximum Gasteiger partial charge on any atom is 0.328 e. The minimum atomic E-state index is -0.911. The monoisotopic (exact) mass is 624 g/mol. The first-order valence-electron chi connectivity index (χ1n) is 11.5. The standard InChI is InChI=1S/C28H26Br2N4O3/c1-16-5-11-22(21(30)13-16)32-25(35)24-15-17-14-19(29)8-12-23(17)34(24)33-27(37)26(36)31-20-9-6-18(7-10-20)28(2,3)4/h5-15H,1-4H3,(H,31,36)(H,32,35)(H,33,37). The molecular formula is C28H26Br2N4O3. The minimum Gasteiger partial charge on any atom is -0.320 e. The van der Waals surface area contributed by atoms with E-state index in [-0.39, 0.29) is 11.1 Å². The molecule has 1 heterocycles. The summed E-state index contributed by atoms with van der Waals surface area (Å²) in [5, 5.41) is 6.18. The second-order valence-corrected chi connectivity index (χ2v) is 11.5. The van der Waals surface area contributed by atoms with E-state index in [1.165, 1.54) is 4.68 Å². The Hall–Kier alpha value is -3.43. The average Bonchev–Trinajstić information content (AvgIpc) is 3.17. The van der Waals surface area contributed by atoms with Gasteiger partial charge in [-0.3, -0.25) is 19.8 Å². The van der Waals surface area contributed by atoms with E-state index in [1.807, 2.05) is 37.3 Å². The molecule has 4 rings (SSSR count). The van der Waals surface area contributed by atoms with Gasteiger partial charge >= 0.3 is 11.8 Å². The number of nitrogens with zero attached hydrogens (tertiary/aromatic N) is 1. The fourth-order valence-electron chi connectivity index (χ4n) is 3.78. The molecule has 37 heavy (non-hydrogen) atoms. The van der Waals surface area contributed by atoms with Crippen LogP contribution in [0.5, 0.6) is 0 Å². The summed E-state index contributed by atoms with van der Waals surface area (Å²) in [4.78, 5) is 38.9. The van der Waals surface area contributed by atoms with Gasteiger partial charge < -0.3 is 10.6 Å². The van der Waals surface area contributed by atoms with Gasteiger partial charge in [-0.05, 0) is 87.9 Å². The van der Waals surface area contributed by atoms with Crippen molar-refractivity contribution in [1.29, 1.82) is 0 Å². The second kappa shape index (κ2) is 10.5. The summed E-state index contributed by atoms with van der Waals surface area (Å²) < 4.78 is 2.87. The molecule has 0 aliphatic carbocycles. The van der Waals surface area contributed by atoms with Crippen LogP contribution in [0.3, 0.4) is 0 Å². The van der Waals surface area contributed by atoms with E-state index in [9.17, 15) is 14.4 Å². The highest BCUT2D eigenvalue weighted by molar-refractivity contribution is 9.10. The molecule has 0 spiro atoms. The van der Waals surface area contributed by atoms with E-state index in [2.05, 4.69) is 68.7 Å². The van der Waals surface area contributed by atoms with E-state index < -0.39 is 17.7 Å². The van der Waals surface area contributed by atoms with E-state index in [1.54, 1.807) is 36.4 Å². The number of amides is 3. The molecule has 3 aromatic carbocycles. The highest BCUT2D eigenvalue weighted by Gasteiger charge is 2.22. The molecule has 3 amide bonds. The zero-order valence-corrected chi connectivity index (χ0v) is 24.0. The number of fused-ring (bicyclic) bond motifs is 1. The molecule has 0 fully saturated rings. The number of anilines is 2. The Kier molecular flexibility index (Phi) is 7.57. The van der Waals surface area contributed by atoms with Crippen molar-refractivity contribution in [2.75, 3.05) is 16.1 Å². The van der Waals surface area contributed by atoms with Crippen LogP contribution in [0.2, 0.25) is 0 Å². The summed E-state index contributed by atoms with van der Waals surface area (Å²) in [5.74, 6) is -2.21. The van der Waals surface area contributed by atoms with Crippen molar-refractivity contribution in [1.82, 2.24) is 4.68 Å². The highest BCUT2D eigenvalue weighted by Crippen LogP contribution is 2.27. The summed E-state index contributed by atoms with van der Waals surface area (Å²) in [7, 11) is 0. The predicted octanol–water partition coefficient (Wildman–Crippen LogP) is 6.73. The zero-order valence-electron chi connectivity index (χ0n) is 20.8. The lowest BCUT2D eigenvalue weighted by Crippen LogP contribution is -2.36. The number of carbonyl (C=O) groups excluding carboxylic acids is 3. The SMILES string of the molecule is Cc1ccc(NC(=O)c2cc3cc(Br)ccc3n2NC(=O)C(=O)Nc2ccc(C(C)(C)C)cc2)c(Br)c1. The van der Waals surface area contributed by atoms with Gasteiger partial charge in [-0.2, -0.15) is 0 Å². The van der Waals surface area contributed by atoms with Gasteiger partial charge in [0.05, 0.1) is 11.2 Å². The number of nitrogens with one attached hydrogen (secondary N) is 3.